The predicted octanol–water partition coefficient (Wildman–Crippen LogP) is 3.53. The fourth-order valence-electron chi connectivity index (χ4n) is 2.11. The number of aryl methyl sites for hydroxylation is 2. The summed E-state index contributed by atoms with van der Waals surface area (Å²) in [4.78, 5) is 4.44. The highest BCUT2D eigenvalue weighted by Gasteiger charge is 2.10. The van der Waals surface area contributed by atoms with Gasteiger partial charge >= 0.3 is 0 Å². The molecule has 1 aromatic heterocycles. The first kappa shape index (κ1) is 13.4. The summed E-state index contributed by atoms with van der Waals surface area (Å²) in [5, 5.41) is 4.04. The van der Waals surface area contributed by atoms with Crippen molar-refractivity contribution in [2.24, 2.45) is 0 Å². The summed E-state index contributed by atoms with van der Waals surface area (Å²) in [6, 6.07) is 14.1. The first-order valence-electron chi connectivity index (χ1n) is 6.86. The maximum atomic E-state index is 5.91. The summed E-state index contributed by atoms with van der Waals surface area (Å²) in [5.41, 5.74) is 10.9. The van der Waals surface area contributed by atoms with Crippen LogP contribution in [0.15, 0.2) is 47.0 Å². The molecule has 0 spiro atoms. The van der Waals surface area contributed by atoms with Crippen molar-refractivity contribution in [3.8, 4) is 11.5 Å². The third kappa shape index (κ3) is 2.94. The van der Waals surface area contributed by atoms with Gasteiger partial charge in [0, 0.05) is 17.7 Å². The molecule has 0 amide bonds. The van der Waals surface area contributed by atoms with E-state index in [1.54, 1.807) is 0 Å². The van der Waals surface area contributed by atoms with E-state index in [2.05, 4.69) is 41.3 Å². The van der Waals surface area contributed by atoms with Crippen LogP contribution in [-0.2, 0) is 6.42 Å². The lowest BCUT2D eigenvalue weighted by molar-refractivity contribution is 0.424. The van der Waals surface area contributed by atoms with Gasteiger partial charge in [-0.15, -0.1) is 0 Å². The summed E-state index contributed by atoms with van der Waals surface area (Å²) < 4.78 is 5.32. The van der Waals surface area contributed by atoms with Crippen molar-refractivity contribution >= 4 is 5.69 Å². The number of nitrogens with zero attached hydrogens (tertiary/aromatic N) is 2. The van der Waals surface area contributed by atoms with Gasteiger partial charge in [0.1, 0.15) is 0 Å². The van der Waals surface area contributed by atoms with Crippen molar-refractivity contribution in [2.75, 3.05) is 5.73 Å². The van der Waals surface area contributed by atoms with Crippen molar-refractivity contribution in [2.45, 2.75) is 20.3 Å². The Hall–Kier alpha value is -2.62. The van der Waals surface area contributed by atoms with Crippen molar-refractivity contribution in [3.63, 3.8) is 0 Å². The molecule has 4 heteroatoms. The molecule has 2 N–H and O–H groups in total. The Labute approximate surface area is 123 Å². The Bertz CT molecular complexity index is 760. The molecule has 1 heterocycles. The number of hydrogen-bond acceptors (Lipinski definition) is 4. The topological polar surface area (TPSA) is 64.9 Å². The third-order valence-corrected chi connectivity index (χ3v) is 3.48. The van der Waals surface area contributed by atoms with Crippen LogP contribution in [0.4, 0.5) is 5.69 Å². The highest BCUT2D eigenvalue weighted by Crippen LogP contribution is 2.22. The summed E-state index contributed by atoms with van der Waals surface area (Å²) in [5.74, 6) is 1.18. The number of anilines is 1. The summed E-state index contributed by atoms with van der Waals surface area (Å²) in [6.07, 6.45) is 0.658. The molecular formula is C17H17N3O. The van der Waals surface area contributed by atoms with Gasteiger partial charge in [0.15, 0.2) is 5.82 Å². The van der Waals surface area contributed by atoms with E-state index in [0.717, 1.165) is 22.4 Å². The van der Waals surface area contributed by atoms with E-state index in [4.69, 9.17) is 10.3 Å². The van der Waals surface area contributed by atoms with Crippen LogP contribution in [0.5, 0.6) is 0 Å². The fraction of sp³-hybridized carbons (Fsp3) is 0.176. The van der Waals surface area contributed by atoms with Crippen LogP contribution < -0.4 is 5.73 Å². The predicted molar refractivity (Wildman–Crippen MR) is 82.9 cm³/mol. The van der Waals surface area contributed by atoms with E-state index in [9.17, 15) is 0 Å². The summed E-state index contributed by atoms with van der Waals surface area (Å²) in [6.45, 7) is 4.04. The first-order chi connectivity index (χ1) is 10.1. The van der Waals surface area contributed by atoms with Gasteiger partial charge in [0.2, 0.25) is 0 Å². The smallest absolute Gasteiger partial charge is 0.258 e. The van der Waals surface area contributed by atoms with Crippen LogP contribution in [0.1, 0.15) is 22.5 Å². The van der Waals surface area contributed by atoms with Gasteiger partial charge in [0.25, 0.3) is 5.89 Å². The second-order valence-corrected chi connectivity index (χ2v) is 5.25. The van der Waals surface area contributed by atoms with E-state index >= 15 is 0 Å². The molecule has 0 aliphatic rings. The summed E-state index contributed by atoms with van der Waals surface area (Å²) >= 11 is 0. The van der Waals surface area contributed by atoms with E-state index in [1.165, 1.54) is 5.56 Å². The van der Waals surface area contributed by atoms with E-state index in [1.807, 2.05) is 25.1 Å². The minimum absolute atomic E-state index is 0.504. The second kappa shape index (κ2) is 5.40. The van der Waals surface area contributed by atoms with Crippen molar-refractivity contribution < 1.29 is 4.52 Å². The Morgan fingerprint density at radius 3 is 2.52 bits per heavy atom. The molecular weight excluding hydrogens is 262 g/mol. The van der Waals surface area contributed by atoms with Gasteiger partial charge in [-0.2, -0.15) is 4.98 Å². The molecule has 3 rings (SSSR count). The molecule has 0 atom stereocenters. The molecule has 2 aromatic carbocycles. The molecule has 0 saturated heterocycles. The normalized spacial score (nSPS) is 10.8. The molecule has 106 valence electrons. The molecule has 0 fully saturated rings. The van der Waals surface area contributed by atoms with E-state index < -0.39 is 0 Å². The molecule has 0 aliphatic heterocycles. The Morgan fingerprint density at radius 2 is 1.81 bits per heavy atom. The largest absolute Gasteiger partial charge is 0.398 e. The number of benzene rings is 2. The van der Waals surface area contributed by atoms with Crippen LogP contribution in [-0.4, -0.2) is 10.1 Å². The second-order valence-electron chi connectivity index (χ2n) is 5.25. The van der Waals surface area contributed by atoms with Crippen LogP contribution in [0.3, 0.4) is 0 Å². The van der Waals surface area contributed by atoms with E-state index in [0.29, 0.717) is 18.1 Å². The van der Waals surface area contributed by atoms with Gasteiger partial charge in [-0.25, -0.2) is 0 Å². The third-order valence-electron chi connectivity index (χ3n) is 3.48. The standard InChI is InChI=1S/C17H17N3O/c1-11-3-6-13(7-4-11)9-16-19-17(21-20-16)14-8-5-12(2)15(18)10-14/h3-8,10H,9,18H2,1-2H3. The van der Waals surface area contributed by atoms with Crippen LogP contribution in [0, 0.1) is 13.8 Å². The quantitative estimate of drug-likeness (QED) is 0.745. The minimum Gasteiger partial charge on any atom is -0.398 e. The first-order valence-corrected chi connectivity index (χ1v) is 6.86. The molecule has 0 saturated carbocycles. The van der Waals surface area contributed by atoms with Crippen LogP contribution >= 0.6 is 0 Å². The van der Waals surface area contributed by atoms with Crippen LogP contribution in [0.25, 0.3) is 11.5 Å². The molecule has 0 unspecified atom stereocenters. The number of rotatable bonds is 3. The zero-order valence-corrected chi connectivity index (χ0v) is 12.1. The number of hydrogen-bond donors (Lipinski definition) is 1. The lowest BCUT2D eigenvalue weighted by Gasteiger charge is -2.00. The molecule has 0 aliphatic carbocycles. The maximum Gasteiger partial charge on any atom is 0.258 e. The van der Waals surface area contributed by atoms with Crippen molar-refractivity contribution in [1.82, 2.24) is 10.1 Å². The van der Waals surface area contributed by atoms with E-state index in [-0.39, 0.29) is 0 Å². The molecule has 21 heavy (non-hydrogen) atoms. The van der Waals surface area contributed by atoms with Gasteiger partial charge < -0.3 is 10.3 Å². The van der Waals surface area contributed by atoms with Gasteiger partial charge in [-0.3, -0.25) is 0 Å². The highest BCUT2D eigenvalue weighted by atomic mass is 16.5. The lowest BCUT2D eigenvalue weighted by Crippen LogP contribution is -1.92. The Balaban J connectivity index is 1.82. The minimum atomic E-state index is 0.504. The fourth-order valence-corrected chi connectivity index (χ4v) is 2.11. The average molecular weight is 279 g/mol. The Morgan fingerprint density at radius 1 is 1.05 bits per heavy atom. The monoisotopic (exact) mass is 279 g/mol. The zero-order valence-electron chi connectivity index (χ0n) is 12.1. The van der Waals surface area contributed by atoms with Crippen molar-refractivity contribution in [3.05, 3.63) is 65.0 Å². The van der Waals surface area contributed by atoms with Gasteiger partial charge in [0.05, 0.1) is 0 Å². The van der Waals surface area contributed by atoms with Crippen LogP contribution in [0.2, 0.25) is 0 Å². The number of nitrogen functional groups attached to an aromatic ring is 1. The number of nitrogens with two attached hydrogens (primary N) is 1. The van der Waals surface area contributed by atoms with Gasteiger partial charge in [-0.1, -0.05) is 41.1 Å². The molecule has 0 radical (unpaired) electrons. The Kier molecular flexibility index (Phi) is 3.44. The lowest BCUT2D eigenvalue weighted by atomic mass is 10.1. The SMILES string of the molecule is Cc1ccc(Cc2noc(-c3ccc(C)c(N)c3)n2)cc1. The van der Waals surface area contributed by atoms with Gasteiger partial charge in [-0.05, 0) is 37.1 Å². The maximum absolute atomic E-state index is 5.91. The molecule has 3 aromatic rings. The summed E-state index contributed by atoms with van der Waals surface area (Å²) in [7, 11) is 0. The number of aromatic nitrogens is 2. The molecule has 4 nitrogen and oxygen atoms in total. The zero-order chi connectivity index (χ0) is 14.8. The average Bonchev–Trinajstić information content (AvgIpc) is 2.93. The van der Waals surface area contributed by atoms with Crippen molar-refractivity contribution in [1.29, 1.82) is 0 Å². The highest BCUT2D eigenvalue weighted by molar-refractivity contribution is 5.62. The molecule has 0 bridgehead atoms.